The summed E-state index contributed by atoms with van der Waals surface area (Å²) in [6.07, 6.45) is 6.54. The Balaban J connectivity index is 1.35. The smallest absolute Gasteiger partial charge is 0.243 e. The second-order valence-electron chi connectivity index (χ2n) is 14.1. The molecule has 1 aliphatic heterocycles. The molecule has 6 rings (SSSR count). The van der Waals surface area contributed by atoms with Crippen LogP contribution in [0, 0.1) is 11.7 Å². The third kappa shape index (κ3) is 7.72. The van der Waals surface area contributed by atoms with Crippen molar-refractivity contribution in [3.05, 3.63) is 101 Å². The molecule has 2 heterocycles. The van der Waals surface area contributed by atoms with Crippen LogP contribution in [-0.4, -0.2) is 58.7 Å². The maximum Gasteiger partial charge on any atom is 0.243 e. The molecular weight excluding hydrogens is 699 g/mol. The molecule has 1 saturated heterocycles. The number of carbonyl (C=O) groups is 1. The van der Waals surface area contributed by atoms with E-state index in [0.717, 1.165) is 34.5 Å². The third-order valence-corrected chi connectivity index (χ3v) is 13.3. The summed E-state index contributed by atoms with van der Waals surface area (Å²) in [5, 5.41) is 4.69. The van der Waals surface area contributed by atoms with E-state index < -0.39 is 55.5 Å². The molecule has 1 saturated carbocycles. The van der Waals surface area contributed by atoms with Crippen molar-refractivity contribution in [3.8, 4) is 0 Å². The van der Waals surface area contributed by atoms with E-state index in [2.05, 4.69) is 15.0 Å². The first-order chi connectivity index (χ1) is 23.7. The molecule has 2 fully saturated rings. The van der Waals surface area contributed by atoms with E-state index in [1.807, 2.05) is 32.9 Å². The van der Waals surface area contributed by atoms with Crippen LogP contribution in [0.2, 0.25) is 5.02 Å². The molecule has 13 heteroatoms. The van der Waals surface area contributed by atoms with Crippen molar-refractivity contribution >= 4 is 55.4 Å². The van der Waals surface area contributed by atoms with Crippen LogP contribution < -0.4 is 10.0 Å². The Morgan fingerprint density at radius 3 is 2.42 bits per heavy atom. The average Bonchev–Trinajstić information content (AvgIpc) is 3.82. The monoisotopic (exact) mass is 740 g/mol. The Kier molecular flexibility index (Phi) is 10.6. The Labute approximate surface area is 301 Å². The Morgan fingerprint density at radius 2 is 1.74 bits per heavy atom. The molecule has 0 bridgehead atoms. The van der Waals surface area contributed by atoms with Gasteiger partial charge in [0.15, 0.2) is 0 Å². The van der Waals surface area contributed by atoms with E-state index in [9.17, 15) is 17.8 Å². The predicted octanol–water partition coefficient (Wildman–Crippen LogP) is 6.93. The lowest BCUT2D eigenvalue weighted by molar-refractivity contribution is -0.119. The minimum Gasteiger partial charge on any atom is -0.598 e. The number of carbonyl (C=O) groups excluding carboxylic acids is 1. The van der Waals surface area contributed by atoms with E-state index in [0.29, 0.717) is 28.3 Å². The molecule has 2 N–H and O–H groups in total. The quantitative estimate of drug-likeness (QED) is 0.151. The summed E-state index contributed by atoms with van der Waals surface area (Å²) >= 11 is 4.60. The molecule has 0 radical (unpaired) electrons. The highest BCUT2D eigenvalue weighted by Gasteiger charge is 2.46. The first kappa shape index (κ1) is 36.7. The number of fused-ring (bicyclic) bond motifs is 1. The zero-order valence-electron chi connectivity index (χ0n) is 28.5. The van der Waals surface area contributed by atoms with Gasteiger partial charge < -0.3 is 14.6 Å². The van der Waals surface area contributed by atoms with Gasteiger partial charge in [-0.05, 0) is 110 Å². The van der Waals surface area contributed by atoms with Crippen LogP contribution >= 0.6 is 11.6 Å². The summed E-state index contributed by atoms with van der Waals surface area (Å²) in [6, 6.07) is 16.9. The van der Waals surface area contributed by atoms with Crippen molar-refractivity contribution in [1.82, 2.24) is 14.0 Å². The average molecular weight is 741 g/mol. The molecular formula is C37H42ClFN4O5S2. The van der Waals surface area contributed by atoms with Crippen LogP contribution in [0.25, 0.3) is 10.8 Å². The number of hydrogen-bond acceptors (Lipinski definition) is 7. The van der Waals surface area contributed by atoms with Gasteiger partial charge in [-0.15, -0.1) is 4.72 Å². The fourth-order valence-electron chi connectivity index (χ4n) is 6.44. The minimum atomic E-state index is -4.17. The fourth-order valence-corrected chi connectivity index (χ4v) is 9.24. The molecule has 1 aliphatic carbocycles. The molecule has 4 aromatic rings. The molecule has 266 valence electrons. The summed E-state index contributed by atoms with van der Waals surface area (Å²) in [7, 11) is -2.70. The van der Waals surface area contributed by atoms with E-state index in [1.165, 1.54) is 19.2 Å². The van der Waals surface area contributed by atoms with E-state index >= 15 is 4.39 Å². The standard InChI is InChI=1S/C37H42ClFN4O5S2/c1-36(2,3)49(45)42-37(16-13-24-5-6-24,27-14-17-40-18-15-27)28-9-12-32(39)33(21-28)41-35(44)34-22-30(48-4)23-43(34)50(46,47)31-11-8-25-19-29(38)10-7-26(25)20-31/h7-12,14-15,17-21,24,30,34,42H,5-6,13,16,22-23H2,1-4H3,(H,41,44)/t30?,34?,37-,49-/m1/s1. The SMILES string of the molecule is COC1CC(C(=O)Nc2cc([C@](CCC3CC3)(N[S@+]([O-])C(C)(C)C)c3ccncc3)ccc2F)N(S(=O)(=O)c2ccc3cc(Cl)ccc3c2)C1. The molecule has 2 unspecified atom stereocenters. The number of amides is 1. The summed E-state index contributed by atoms with van der Waals surface area (Å²) in [4.78, 5) is 18.2. The van der Waals surface area contributed by atoms with E-state index in [4.69, 9.17) is 16.3 Å². The second kappa shape index (κ2) is 14.5. The number of hydrogen-bond donors (Lipinski definition) is 2. The van der Waals surface area contributed by atoms with Gasteiger partial charge in [-0.2, -0.15) is 4.31 Å². The number of nitrogens with one attached hydrogen (secondary N) is 2. The maximum absolute atomic E-state index is 15.6. The molecule has 3 aromatic carbocycles. The maximum atomic E-state index is 15.6. The van der Waals surface area contributed by atoms with Gasteiger partial charge >= 0.3 is 0 Å². The number of pyridine rings is 1. The summed E-state index contributed by atoms with van der Waals surface area (Å²) in [5.74, 6) is -0.825. The third-order valence-electron chi connectivity index (χ3n) is 9.57. The normalized spacial score (nSPS) is 20.5. The molecule has 9 nitrogen and oxygen atoms in total. The number of methoxy groups -OCH3 is 1. The van der Waals surface area contributed by atoms with E-state index in [-0.39, 0.29) is 23.5 Å². The molecule has 1 amide bonds. The molecule has 4 atom stereocenters. The Bertz CT molecular complexity index is 1980. The first-order valence-electron chi connectivity index (χ1n) is 16.7. The summed E-state index contributed by atoms with van der Waals surface area (Å²) in [6.45, 7) is 5.60. The van der Waals surface area contributed by atoms with Gasteiger partial charge in [0, 0.05) is 48.9 Å². The highest BCUT2D eigenvalue weighted by molar-refractivity contribution is 7.90. The van der Waals surface area contributed by atoms with Crippen LogP contribution in [0.4, 0.5) is 10.1 Å². The van der Waals surface area contributed by atoms with Crippen LogP contribution in [0.15, 0.2) is 84.0 Å². The van der Waals surface area contributed by atoms with Gasteiger partial charge in [0.25, 0.3) is 0 Å². The largest absolute Gasteiger partial charge is 0.598 e. The van der Waals surface area contributed by atoms with Crippen molar-refractivity contribution in [2.75, 3.05) is 19.0 Å². The van der Waals surface area contributed by atoms with Crippen molar-refractivity contribution in [2.24, 2.45) is 5.92 Å². The van der Waals surface area contributed by atoms with Crippen molar-refractivity contribution in [1.29, 1.82) is 0 Å². The van der Waals surface area contributed by atoms with Crippen LogP contribution in [0.5, 0.6) is 0 Å². The number of benzene rings is 3. The predicted molar refractivity (Wildman–Crippen MR) is 195 cm³/mol. The number of rotatable bonds is 12. The molecule has 50 heavy (non-hydrogen) atoms. The molecule has 1 aromatic heterocycles. The fraction of sp³-hybridized carbons (Fsp3) is 0.405. The highest BCUT2D eigenvalue weighted by atomic mass is 35.5. The van der Waals surface area contributed by atoms with Crippen molar-refractivity contribution in [2.45, 2.75) is 80.2 Å². The number of sulfonamides is 1. The lowest BCUT2D eigenvalue weighted by atomic mass is 9.79. The molecule has 0 spiro atoms. The number of nitrogens with zero attached hydrogens (tertiary/aromatic N) is 2. The van der Waals surface area contributed by atoms with Gasteiger partial charge in [0.1, 0.15) is 22.1 Å². The highest BCUT2D eigenvalue weighted by Crippen LogP contribution is 2.43. The summed E-state index contributed by atoms with van der Waals surface area (Å²) in [5.41, 5.74) is 0.312. The van der Waals surface area contributed by atoms with Crippen molar-refractivity contribution in [3.63, 3.8) is 0 Å². The van der Waals surface area contributed by atoms with Crippen LogP contribution in [0.3, 0.4) is 0 Å². The number of ether oxygens (including phenoxy) is 1. The first-order valence-corrected chi connectivity index (χ1v) is 19.6. The lowest BCUT2D eigenvalue weighted by Gasteiger charge is -2.39. The van der Waals surface area contributed by atoms with Crippen LogP contribution in [-0.2, 0) is 36.5 Å². The second-order valence-corrected chi connectivity index (χ2v) is 18.4. The summed E-state index contributed by atoms with van der Waals surface area (Å²) < 4.78 is 66.9. The van der Waals surface area contributed by atoms with Crippen LogP contribution in [0.1, 0.15) is 64.0 Å². The Morgan fingerprint density at radius 1 is 1.04 bits per heavy atom. The van der Waals surface area contributed by atoms with Gasteiger partial charge in [-0.1, -0.05) is 42.6 Å². The molecule has 2 aliphatic rings. The van der Waals surface area contributed by atoms with Gasteiger partial charge in [0.2, 0.25) is 15.9 Å². The number of halogens is 2. The zero-order valence-corrected chi connectivity index (χ0v) is 30.9. The topological polar surface area (TPSA) is 124 Å². The van der Waals surface area contributed by atoms with Crippen molar-refractivity contribution < 1.29 is 26.9 Å². The van der Waals surface area contributed by atoms with E-state index in [1.54, 1.807) is 54.9 Å². The number of aromatic nitrogens is 1. The lowest BCUT2D eigenvalue weighted by Crippen LogP contribution is -2.52. The van der Waals surface area contributed by atoms with Gasteiger partial charge in [-0.25, -0.2) is 12.8 Å². The van der Waals surface area contributed by atoms with Gasteiger partial charge in [0.05, 0.1) is 16.7 Å². The number of anilines is 1. The van der Waals surface area contributed by atoms with Gasteiger partial charge in [-0.3, -0.25) is 9.78 Å². The Hall–Kier alpha value is -3.10. The zero-order chi connectivity index (χ0) is 35.8. The minimum absolute atomic E-state index is 0.0192.